The molecule has 0 N–H and O–H groups in total. The maximum atomic E-state index is 2.50. The largest absolute Gasteiger partial charge is 0.0654 e. The molecule has 0 saturated carbocycles. The van der Waals surface area contributed by atoms with E-state index in [1.807, 2.05) is 0 Å². The van der Waals surface area contributed by atoms with Crippen molar-refractivity contribution in [1.29, 1.82) is 0 Å². The van der Waals surface area contributed by atoms with Crippen molar-refractivity contribution >= 4 is 0 Å². The van der Waals surface area contributed by atoms with Crippen LogP contribution in [0, 0.1) is 41.4 Å². The van der Waals surface area contributed by atoms with Crippen LogP contribution < -0.4 is 0 Å². The van der Waals surface area contributed by atoms with E-state index in [2.05, 4.69) is 62.3 Å². The van der Waals surface area contributed by atoms with E-state index < -0.39 is 0 Å². The minimum Gasteiger partial charge on any atom is -0.0654 e. The summed E-state index contributed by atoms with van der Waals surface area (Å²) in [4.78, 5) is 0. The molecule has 0 heterocycles. The highest BCUT2D eigenvalue weighted by Gasteiger charge is 2.18. The summed E-state index contributed by atoms with van der Waals surface area (Å²) in [5.41, 5.74) is 0. The Kier molecular flexibility index (Phi) is 14.1. The van der Waals surface area contributed by atoms with Gasteiger partial charge in [0.25, 0.3) is 0 Å². The van der Waals surface area contributed by atoms with Crippen LogP contribution in [0.15, 0.2) is 0 Å². The Morgan fingerprint density at radius 2 is 0.680 bits per heavy atom. The molecule has 0 bridgehead atoms. The zero-order valence-electron chi connectivity index (χ0n) is 19.4. The summed E-state index contributed by atoms with van der Waals surface area (Å²) in [5, 5.41) is 0. The molecule has 0 aliphatic heterocycles. The first kappa shape index (κ1) is 25.0. The first-order valence-electron chi connectivity index (χ1n) is 11.7. The van der Waals surface area contributed by atoms with E-state index in [1.54, 1.807) is 0 Å². The molecule has 0 heteroatoms. The third-order valence-electron chi connectivity index (χ3n) is 6.31. The first-order chi connectivity index (χ1) is 11.7. The van der Waals surface area contributed by atoms with Crippen LogP contribution in [0.25, 0.3) is 0 Å². The minimum absolute atomic E-state index is 0.890. The fourth-order valence-corrected chi connectivity index (χ4v) is 5.38. The second-order valence-corrected chi connectivity index (χ2v) is 10.3. The molecule has 0 aliphatic carbocycles. The van der Waals surface area contributed by atoms with Gasteiger partial charge in [0.2, 0.25) is 0 Å². The van der Waals surface area contributed by atoms with E-state index in [-0.39, 0.29) is 0 Å². The molecule has 7 atom stereocenters. The molecule has 0 fully saturated rings. The molecular weight excluding hydrogens is 300 g/mol. The van der Waals surface area contributed by atoms with Crippen LogP contribution in [0.4, 0.5) is 0 Å². The van der Waals surface area contributed by atoms with Crippen molar-refractivity contribution in [1.82, 2.24) is 0 Å². The smallest absolute Gasteiger partial charge is 0.0438 e. The number of hydrogen-bond acceptors (Lipinski definition) is 0. The van der Waals surface area contributed by atoms with Crippen molar-refractivity contribution in [3.63, 3.8) is 0 Å². The van der Waals surface area contributed by atoms with Crippen LogP contribution in [0.1, 0.15) is 120 Å². The van der Waals surface area contributed by atoms with Crippen molar-refractivity contribution in [2.45, 2.75) is 120 Å². The third kappa shape index (κ3) is 13.8. The Labute approximate surface area is 161 Å². The van der Waals surface area contributed by atoms with Crippen LogP contribution in [0.2, 0.25) is 0 Å². The predicted molar refractivity (Wildman–Crippen MR) is 117 cm³/mol. The Morgan fingerprint density at radius 3 is 0.960 bits per heavy atom. The van der Waals surface area contributed by atoms with Crippen molar-refractivity contribution in [2.75, 3.05) is 0 Å². The SMILES string of the molecule is CCCC(C)CC(C)CC(C)CC(C)CC(C)CC(C)CC(C)CC. The second kappa shape index (κ2) is 14.1. The molecule has 0 spiro atoms. The van der Waals surface area contributed by atoms with Crippen LogP contribution in [-0.4, -0.2) is 0 Å². The van der Waals surface area contributed by atoms with Gasteiger partial charge in [0.1, 0.15) is 0 Å². The fourth-order valence-electron chi connectivity index (χ4n) is 5.38. The maximum Gasteiger partial charge on any atom is -0.0438 e. The molecular formula is C25H52. The van der Waals surface area contributed by atoms with Crippen molar-refractivity contribution in [3.8, 4) is 0 Å². The lowest BCUT2D eigenvalue weighted by Crippen LogP contribution is -2.13. The second-order valence-electron chi connectivity index (χ2n) is 10.3. The van der Waals surface area contributed by atoms with Crippen molar-refractivity contribution in [2.24, 2.45) is 41.4 Å². The van der Waals surface area contributed by atoms with Gasteiger partial charge in [-0.2, -0.15) is 0 Å². The van der Waals surface area contributed by atoms with Gasteiger partial charge in [-0.1, -0.05) is 81.6 Å². The highest BCUT2D eigenvalue weighted by Crippen LogP contribution is 2.30. The van der Waals surface area contributed by atoms with E-state index in [9.17, 15) is 0 Å². The topological polar surface area (TPSA) is 0 Å². The lowest BCUT2D eigenvalue weighted by Gasteiger charge is -2.25. The molecule has 0 radical (unpaired) electrons. The molecule has 0 aromatic carbocycles. The minimum atomic E-state index is 0.890. The van der Waals surface area contributed by atoms with Crippen LogP contribution in [0.3, 0.4) is 0 Å². The van der Waals surface area contributed by atoms with Crippen LogP contribution >= 0.6 is 0 Å². The zero-order valence-corrected chi connectivity index (χ0v) is 19.4. The number of rotatable bonds is 15. The molecule has 0 aromatic rings. The van der Waals surface area contributed by atoms with Gasteiger partial charge in [-0.05, 0) is 80.0 Å². The lowest BCUT2D eigenvalue weighted by molar-refractivity contribution is 0.262. The molecule has 0 aliphatic rings. The van der Waals surface area contributed by atoms with Gasteiger partial charge in [-0.25, -0.2) is 0 Å². The molecule has 0 rings (SSSR count). The summed E-state index contributed by atoms with van der Waals surface area (Å²) in [5.74, 6) is 6.28. The summed E-state index contributed by atoms with van der Waals surface area (Å²) in [6, 6.07) is 0. The Morgan fingerprint density at radius 1 is 0.400 bits per heavy atom. The third-order valence-corrected chi connectivity index (χ3v) is 6.31. The van der Waals surface area contributed by atoms with Gasteiger partial charge in [0.05, 0.1) is 0 Å². The highest BCUT2D eigenvalue weighted by atomic mass is 14.2. The van der Waals surface area contributed by atoms with Crippen molar-refractivity contribution < 1.29 is 0 Å². The van der Waals surface area contributed by atoms with Gasteiger partial charge in [-0.3, -0.25) is 0 Å². The molecule has 25 heavy (non-hydrogen) atoms. The average Bonchev–Trinajstić information content (AvgIpc) is 2.45. The fraction of sp³-hybridized carbons (Fsp3) is 1.00. The molecule has 0 aromatic heterocycles. The summed E-state index contributed by atoms with van der Waals surface area (Å²) >= 11 is 0. The zero-order chi connectivity index (χ0) is 19.4. The predicted octanol–water partition coefficient (Wildman–Crippen LogP) is 8.99. The summed E-state index contributed by atoms with van der Waals surface area (Å²) in [6.07, 6.45) is 12.6. The van der Waals surface area contributed by atoms with Gasteiger partial charge < -0.3 is 0 Å². The maximum absolute atomic E-state index is 2.50. The van der Waals surface area contributed by atoms with E-state index in [1.165, 1.54) is 57.8 Å². The van der Waals surface area contributed by atoms with E-state index in [0.717, 1.165) is 41.4 Å². The monoisotopic (exact) mass is 352 g/mol. The molecule has 0 saturated heterocycles. The Bertz CT molecular complexity index is 294. The molecule has 0 nitrogen and oxygen atoms in total. The van der Waals surface area contributed by atoms with E-state index in [4.69, 9.17) is 0 Å². The van der Waals surface area contributed by atoms with Crippen molar-refractivity contribution in [3.05, 3.63) is 0 Å². The molecule has 7 unspecified atom stereocenters. The Hall–Kier alpha value is 0. The summed E-state index contributed by atoms with van der Waals surface area (Å²) in [7, 11) is 0. The lowest BCUT2D eigenvalue weighted by atomic mass is 9.80. The summed E-state index contributed by atoms with van der Waals surface area (Å²) in [6.45, 7) is 21.9. The Balaban J connectivity index is 4.04. The summed E-state index contributed by atoms with van der Waals surface area (Å²) < 4.78 is 0. The van der Waals surface area contributed by atoms with Gasteiger partial charge >= 0.3 is 0 Å². The van der Waals surface area contributed by atoms with Crippen LogP contribution in [0.5, 0.6) is 0 Å². The number of hydrogen-bond donors (Lipinski definition) is 0. The van der Waals surface area contributed by atoms with E-state index in [0.29, 0.717) is 0 Å². The molecule has 152 valence electrons. The first-order valence-corrected chi connectivity index (χ1v) is 11.7. The van der Waals surface area contributed by atoms with Gasteiger partial charge in [0, 0.05) is 0 Å². The highest BCUT2D eigenvalue weighted by molar-refractivity contribution is 4.69. The van der Waals surface area contributed by atoms with E-state index >= 15 is 0 Å². The quantitative estimate of drug-likeness (QED) is 0.276. The normalized spacial score (nSPS) is 20.5. The molecule has 0 amide bonds. The van der Waals surface area contributed by atoms with Gasteiger partial charge in [0.15, 0.2) is 0 Å². The van der Waals surface area contributed by atoms with Gasteiger partial charge in [-0.15, -0.1) is 0 Å². The standard InChI is InChI=1S/C25H52/c1-10-12-20(4)14-22(6)16-24(8)18-25(9)17-23(7)15-21(5)13-19(3)11-2/h19-25H,10-18H2,1-9H3. The average molecular weight is 353 g/mol. The van der Waals surface area contributed by atoms with Crippen LogP contribution in [-0.2, 0) is 0 Å².